The van der Waals surface area contributed by atoms with Crippen molar-refractivity contribution in [1.82, 2.24) is 0 Å². The summed E-state index contributed by atoms with van der Waals surface area (Å²) in [7, 11) is 0. The summed E-state index contributed by atoms with van der Waals surface area (Å²) in [5, 5.41) is 0. The Hall–Kier alpha value is -2.52. The molecule has 0 aliphatic heterocycles. The van der Waals surface area contributed by atoms with Crippen LogP contribution in [0.1, 0.15) is 437 Å². The summed E-state index contributed by atoms with van der Waals surface area (Å²) in [6, 6.07) is 17.6. The van der Waals surface area contributed by atoms with Gasteiger partial charge in [0.1, 0.15) is 5.71 Å². The Labute approximate surface area is 571 Å². The van der Waals surface area contributed by atoms with Crippen LogP contribution in [0.25, 0.3) is 12.2 Å². The van der Waals surface area contributed by atoms with Gasteiger partial charge in [0.15, 0.2) is 0 Å². The van der Waals surface area contributed by atoms with Crippen LogP contribution in [0.3, 0.4) is 0 Å². The Morgan fingerprint density at radius 3 is 0.787 bits per heavy atom. The summed E-state index contributed by atoms with van der Waals surface area (Å²) < 4.78 is 0. The minimum absolute atomic E-state index is 0. The summed E-state index contributed by atoms with van der Waals surface area (Å²) in [5.74, 6) is 7.09. The van der Waals surface area contributed by atoms with E-state index in [0.717, 1.165) is 67.7 Å². The summed E-state index contributed by atoms with van der Waals surface area (Å²) in [6.45, 7) is 9.18. The molecule has 0 aliphatic carbocycles. The van der Waals surface area contributed by atoms with Crippen LogP contribution in [0.15, 0.2) is 70.7 Å². The van der Waals surface area contributed by atoms with Crippen LogP contribution in [0.4, 0.5) is 11.4 Å². The van der Waals surface area contributed by atoms with E-state index in [1.165, 1.54) is 364 Å². The quantitative estimate of drug-likeness (QED) is 0.0273. The fraction of sp³-hybridized carbons (Fsp3) is 0.767. The van der Waals surface area contributed by atoms with Gasteiger partial charge in [-0.15, -0.1) is 0 Å². The second-order valence-electron chi connectivity index (χ2n) is 27.5. The van der Waals surface area contributed by atoms with E-state index in [9.17, 15) is 0 Å². The Morgan fingerprint density at radius 1 is 0.281 bits per heavy atom. The fourth-order valence-corrected chi connectivity index (χ4v) is 12.7. The van der Waals surface area contributed by atoms with Crippen LogP contribution in [-0.4, -0.2) is 11.4 Å². The first-order valence-electron chi connectivity index (χ1n) is 39.9. The fourth-order valence-electron chi connectivity index (χ4n) is 12.7. The van der Waals surface area contributed by atoms with E-state index < -0.39 is 0 Å². The molecule has 0 atom stereocenters. The molecule has 0 saturated heterocycles. The van der Waals surface area contributed by atoms with E-state index >= 15 is 0 Å². The Bertz CT molecular complexity index is 1930. The molecule has 0 bridgehead atoms. The molecule has 2 rings (SSSR count). The van der Waals surface area contributed by atoms with Crippen LogP contribution in [-0.2, 0) is 20.4 Å². The van der Waals surface area contributed by atoms with Crippen molar-refractivity contribution < 1.29 is 20.4 Å². The van der Waals surface area contributed by atoms with Gasteiger partial charge >= 0.3 is 0 Å². The summed E-state index contributed by atoms with van der Waals surface area (Å²) in [4.78, 5) is 10.5. The van der Waals surface area contributed by atoms with Crippen molar-refractivity contribution in [3.8, 4) is 11.8 Å². The maximum absolute atomic E-state index is 5.27. The molecule has 0 amide bonds. The number of allylic oxidation sites excluding steroid dienone is 2. The van der Waals surface area contributed by atoms with Crippen molar-refractivity contribution in [2.75, 3.05) is 0 Å². The normalized spacial score (nSPS) is 12.0. The van der Waals surface area contributed by atoms with E-state index in [0.29, 0.717) is 0 Å². The molecular formula is C86H148N2Pd. The zero-order valence-corrected chi connectivity index (χ0v) is 61.5. The molecule has 0 fully saturated rings. The molecule has 89 heavy (non-hydrogen) atoms. The van der Waals surface area contributed by atoms with Crippen molar-refractivity contribution >= 4 is 35.0 Å². The second kappa shape index (κ2) is 69.8. The number of unbranched alkanes of at least 4 members (excludes halogenated alkanes) is 57. The van der Waals surface area contributed by atoms with Crippen LogP contribution >= 0.6 is 0 Å². The van der Waals surface area contributed by atoms with Crippen LogP contribution < -0.4 is 0 Å². The van der Waals surface area contributed by atoms with Gasteiger partial charge in [-0.2, -0.15) is 0 Å². The molecule has 0 radical (unpaired) electrons. The second-order valence-corrected chi connectivity index (χ2v) is 27.5. The first kappa shape index (κ1) is 84.5. The number of hydrogen-bond acceptors (Lipinski definition) is 2. The summed E-state index contributed by atoms with van der Waals surface area (Å²) in [6.07, 6.45) is 95.4. The van der Waals surface area contributed by atoms with Gasteiger partial charge in [-0.3, -0.25) is 4.99 Å². The molecule has 0 N–H and O–H groups in total. The van der Waals surface area contributed by atoms with Crippen LogP contribution in [0.2, 0.25) is 0 Å². The van der Waals surface area contributed by atoms with Crippen molar-refractivity contribution in [2.45, 2.75) is 426 Å². The minimum Gasteiger partial charge on any atom is -0.251 e. The summed E-state index contributed by atoms with van der Waals surface area (Å²) >= 11 is 0. The average molecular weight is 1320 g/mol. The molecule has 2 nitrogen and oxygen atoms in total. The SMILES string of the molecule is CCCCCCCCC#CC(=Nc1ccc(C=CCCCCCCCCCCCCCCCCCCCCCCCCCCC)cc1)C(CCCC)=Nc1ccc(C=CCCCCCCCCCCCCCCCCCCCCCCCCCCC)cc1.[Pd]. The maximum atomic E-state index is 5.27. The smallest absolute Gasteiger partial charge is 0.135 e. The van der Waals surface area contributed by atoms with Crippen LogP contribution in [0.5, 0.6) is 0 Å². The van der Waals surface area contributed by atoms with E-state index in [1.54, 1.807) is 0 Å². The van der Waals surface area contributed by atoms with Gasteiger partial charge in [-0.1, -0.05) is 429 Å². The summed E-state index contributed by atoms with van der Waals surface area (Å²) in [5.41, 5.74) is 6.28. The Morgan fingerprint density at radius 2 is 0.517 bits per heavy atom. The average Bonchev–Trinajstić information content (AvgIpc) is 3.72. The molecule has 0 heterocycles. The van der Waals surface area contributed by atoms with E-state index in [-0.39, 0.29) is 20.4 Å². The molecule has 0 aromatic heterocycles. The molecule has 0 aliphatic rings. The molecule has 2 aromatic carbocycles. The Balaban J connectivity index is 0.0000396. The van der Waals surface area contributed by atoms with Gasteiger partial charge in [0, 0.05) is 26.8 Å². The third kappa shape index (κ3) is 57.8. The largest absolute Gasteiger partial charge is 0.251 e. The first-order valence-corrected chi connectivity index (χ1v) is 39.9. The minimum atomic E-state index is 0. The monoisotopic (exact) mass is 1320 g/mol. The van der Waals surface area contributed by atoms with Crippen molar-refractivity contribution in [3.05, 3.63) is 71.8 Å². The van der Waals surface area contributed by atoms with Gasteiger partial charge in [0.2, 0.25) is 0 Å². The van der Waals surface area contributed by atoms with Crippen molar-refractivity contribution in [3.63, 3.8) is 0 Å². The zero-order chi connectivity index (χ0) is 62.6. The number of nitrogens with zero attached hydrogens (tertiary/aromatic N) is 2. The van der Waals surface area contributed by atoms with E-state index in [1.807, 2.05) is 0 Å². The standard InChI is InChI=1S/C86H148N2.Pd/c1-5-9-13-16-19-22-24-26-28-30-32-34-36-38-40-42-44-46-48-50-52-54-56-58-60-63-66-69-81-73-77-83(78-74-81)87-85(71-12-8-4)86(72-68-65-62-21-18-15-11-7-3)88-84-79-75-82(76-80-84)70-67-64-61-59-57-55-53-51-49-47-45-43-41-39-37-35-33-31-29-27-25-23-20-17-14-10-6-2;/h66-67,69-70,73-80H,5-65,71H2,1-4H3;. The molecule has 0 unspecified atom stereocenters. The first-order chi connectivity index (χ1) is 43.7. The van der Waals surface area contributed by atoms with E-state index in [4.69, 9.17) is 9.98 Å². The van der Waals surface area contributed by atoms with Gasteiger partial charge in [-0.25, -0.2) is 4.99 Å². The predicted molar refractivity (Wildman–Crippen MR) is 402 cm³/mol. The third-order valence-electron chi connectivity index (χ3n) is 18.8. The molecule has 2 aromatic rings. The van der Waals surface area contributed by atoms with E-state index in [2.05, 4.69) is 112 Å². The van der Waals surface area contributed by atoms with Gasteiger partial charge in [0.05, 0.1) is 17.1 Å². The molecular weight excluding hydrogens is 1170 g/mol. The zero-order valence-electron chi connectivity index (χ0n) is 60.0. The van der Waals surface area contributed by atoms with Gasteiger partial charge in [-0.05, 0) is 86.3 Å². The molecule has 0 spiro atoms. The van der Waals surface area contributed by atoms with Crippen molar-refractivity contribution in [1.29, 1.82) is 0 Å². The van der Waals surface area contributed by atoms with Crippen LogP contribution in [0, 0.1) is 11.8 Å². The molecule has 512 valence electrons. The predicted octanol–water partition coefficient (Wildman–Crippen LogP) is 30.8. The van der Waals surface area contributed by atoms with Crippen molar-refractivity contribution in [2.24, 2.45) is 9.98 Å². The maximum Gasteiger partial charge on any atom is 0.135 e. The number of benzene rings is 2. The number of aliphatic imine (C=N–C) groups is 2. The topological polar surface area (TPSA) is 24.7 Å². The van der Waals surface area contributed by atoms with Gasteiger partial charge in [0.25, 0.3) is 0 Å². The molecule has 0 saturated carbocycles. The Kier molecular flexibility index (Phi) is 66.3. The number of hydrogen-bond donors (Lipinski definition) is 0. The number of rotatable bonds is 66. The molecule has 3 heteroatoms. The third-order valence-corrected chi connectivity index (χ3v) is 18.8. The van der Waals surface area contributed by atoms with Gasteiger partial charge < -0.3 is 0 Å².